The second kappa shape index (κ2) is 13.4. The minimum atomic E-state index is -4.48. The summed E-state index contributed by atoms with van der Waals surface area (Å²) in [5, 5.41) is 11.1. The Hall–Kier alpha value is -2.39. The highest BCUT2D eigenvalue weighted by molar-refractivity contribution is 7.51. The van der Waals surface area contributed by atoms with Gasteiger partial charge >= 0.3 is 7.60 Å². The van der Waals surface area contributed by atoms with Crippen LogP contribution in [0.25, 0.3) is 0 Å². The fourth-order valence-electron chi connectivity index (χ4n) is 4.32. The molecule has 0 bridgehead atoms. The first kappa shape index (κ1) is 27.6. The number of aliphatic hydroxyl groups is 1. The van der Waals surface area contributed by atoms with Gasteiger partial charge in [0.1, 0.15) is 24.4 Å². The van der Waals surface area contributed by atoms with Crippen LogP contribution in [-0.4, -0.2) is 58.2 Å². The summed E-state index contributed by atoms with van der Waals surface area (Å²) in [5.74, 6) is 0. The molecule has 1 aliphatic rings. The number of benzene rings is 3. The number of aliphatic hydroxyl groups excluding tert-OH is 1. The van der Waals surface area contributed by atoms with Crippen molar-refractivity contribution in [1.29, 1.82) is 0 Å². The van der Waals surface area contributed by atoms with Gasteiger partial charge in [-0.05, 0) is 16.7 Å². The van der Waals surface area contributed by atoms with Crippen LogP contribution in [0, 0.1) is 0 Å². The van der Waals surface area contributed by atoms with Gasteiger partial charge in [0.15, 0.2) is 0 Å². The lowest BCUT2D eigenvalue weighted by Crippen LogP contribution is -2.61. The highest BCUT2D eigenvalue weighted by Crippen LogP contribution is 2.40. The van der Waals surface area contributed by atoms with Crippen LogP contribution in [0.4, 0.5) is 0 Å². The molecule has 1 fully saturated rings. The van der Waals surface area contributed by atoms with Crippen LogP contribution in [0.15, 0.2) is 91.0 Å². The molecule has 1 aliphatic heterocycles. The van der Waals surface area contributed by atoms with E-state index in [1.54, 1.807) is 0 Å². The fraction of sp³-hybridized carbons (Fsp3) is 0.357. The molecule has 9 heteroatoms. The van der Waals surface area contributed by atoms with E-state index in [1.807, 2.05) is 91.0 Å². The standard InChI is InChI=1S/C28H33O8P/c29-26-25(20-37(30,31)32)36-24(19-33-16-21-10-4-1-5-11-21)27(34-17-22-12-6-2-7-13-22)28(26)35-18-23-14-8-3-9-15-23/h1-15,24-29H,16-20H2,(H2,30,31,32)/t24-,25-,26-,27-,28-/m1/s1. The smallest absolute Gasteiger partial charge is 0.328 e. The molecule has 37 heavy (non-hydrogen) atoms. The molecule has 3 aromatic rings. The molecule has 0 unspecified atom stereocenters. The Morgan fingerprint density at radius 2 is 1.14 bits per heavy atom. The van der Waals surface area contributed by atoms with Crippen LogP contribution in [0.2, 0.25) is 0 Å². The lowest BCUT2D eigenvalue weighted by Gasteiger charge is -2.44. The summed E-state index contributed by atoms with van der Waals surface area (Å²) >= 11 is 0. The molecule has 0 amide bonds. The van der Waals surface area contributed by atoms with Gasteiger partial charge in [-0.3, -0.25) is 4.57 Å². The third kappa shape index (κ3) is 8.57. The first-order valence-electron chi connectivity index (χ1n) is 12.2. The summed E-state index contributed by atoms with van der Waals surface area (Å²) in [6.07, 6.45) is -5.48. The summed E-state index contributed by atoms with van der Waals surface area (Å²) in [6.45, 7) is 0.844. The molecule has 3 aromatic carbocycles. The molecule has 0 saturated carbocycles. The van der Waals surface area contributed by atoms with Crippen molar-refractivity contribution < 1.29 is 38.4 Å². The number of rotatable bonds is 12. The van der Waals surface area contributed by atoms with Crippen molar-refractivity contribution in [1.82, 2.24) is 0 Å². The van der Waals surface area contributed by atoms with E-state index in [9.17, 15) is 19.5 Å². The zero-order valence-electron chi connectivity index (χ0n) is 20.4. The van der Waals surface area contributed by atoms with Crippen molar-refractivity contribution >= 4 is 7.60 Å². The average Bonchev–Trinajstić information content (AvgIpc) is 2.90. The van der Waals surface area contributed by atoms with E-state index in [4.69, 9.17) is 18.9 Å². The summed E-state index contributed by atoms with van der Waals surface area (Å²) in [7, 11) is -4.48. The Balaban J connectivity index is 1.54. The van der Waals surface area contributed by atoms with E-state index in [-0.39, 0.29) is 19.8 Å². The second-order valence-corrected chi connectivity index (χ2v) is 10.8. The lowest BCUT2D eigenvalue weighted by atomic mass is 9.95. The molecule has 198 valence electrons. The molecule has 0 spiro atoms. The molecule has 4 rings (SSSR count). The minimum absolute atomic E-state index is 0.0872. The van der Waals surface area contributed by atoms with Crippen molar-refractivity contribution in [2.24, 2.45) is 0 Å². The van der Waals surface area contributed by atoms with Gasteiger partial charge in [0.05, 0.1) is 38.7 Å². The summed E-state index contributed by atoms with van der Waals surface area (Å²) < 4.78 is 36.2. The maximum absolute atomic E-state index is 11.8. The molecule has 0 aromatic heterocycles. The summed E-state index contributed by atoms with van der Waals surface area (Å²) in [4.78, 5) is 19.3. The average molecular weight is 529 g/mol. The molecule has 1 heterocycles. The number of hydrogen-bond donors (Lipinski definition) is 3. The first-order chi connectivity index (χ1) is 17.9. The second-order valence-electron chi connectivity index (χ2n) is 9.07. The zero-order valence-corrected chi connectivity index (χ0v) is 21.3. The Kier molecular flexibility index (Phi) is 10.0. The third-order valence-corrected chi connectivity index (χ3v) is 6.97. The van der Waals surface area contributed by atoms with Crippen LogP contribution in [0.5, 0.6) is 0 Å². The fourth-order valence-corrected chi connectivity index (χ4v) is 5.09. The van der Waals surface area contributed by atoms with E-state index < -0.39 is 44.3 Å². The lowest BCUT2D eigenvalue weighted by molar-refractivity contribution is -0.257. The topological polar surface area (TPSA) is 115 Å². The predicted molar refractivity (Wildman–Crippen MR) is 138 cm³/mol. The summed E-state index contributed by atoms with van der Waals surface area (Å²) in [6, 6.07) is 28.7. The Morgan fingerprint density at radius 3 is 1.62 bits per heavy atom. The Labute approximate surface area is 216 Å². The van der Waals surface area contributed by atoms with E-state index in [0.717, 1.165) is 16.7 Å². The Bertz CT molecular complexity index is 1110. The monoisotopic (exact) mass is 528 g/mol. The van der Waals surface area contributed by atoms with E-state index in [1.165, 1.54) is 0 Å². The van der Waals surface area contributed by atoms with Gasteiger partial charge in [0.2, 0.25) is 0 Å². The molecule has 1 saturated heterocycles. The van der Waals surface area contributed by atoms with E-state index in [0.29, 0.717) is 6.61 Å². The van der Waals surface area contributed by atoms with Crippen LogP contribution < -0.4 is 0 Å². The van der Waals surface area contributed by atoms with Gasteiger partial charge in [0, 0.05) is 0 Å². The molecular weight excluding hydrogens is 495 g/mol. The van der Waals surface area contributed by atoms with Crippen LogP contribution >= 0.6 is 7.60 Å². The highest BCUT2D eigenvalue weighted by Gasteiger charge is 2.48. The largest absolute Gasteiger partial charge is 0.388 e. The first-order valence-corrected chi connectivity index (χ1v) is 14.0. The molecule has 3 N–H and O–H groups in total. The van der Waals surface area contributed by atoms with Gasteiger partial charge in [-0.25, -0.2) is 0 Å². The maximum Gasteiger partial charge on any atom is 0.328 e. The van der Waals surface area contributed by atoms with Gasteiger partial charge in [0.25, 0.3) is 0 Å². The third-order valence-electron chi connectivity index (χ3n) is 6.14. The van der Waals surface area contributed by atoms with Crippen molar-refractivity contribution in [2.75, 3.05) is 12.8 Å². The summed E-state index contributed by atoms with van der Waals surface area (Å²) in [5.41, 5.74) is 2.80. The van der Waals surface area contributed by atoms with Crippen molar-refractivity contribution in [3.8, 4) is 0 Å². The zero-order chi connectivity index (χ0) is 26.1. The van der Waals surface area contributed by atoms with E-state index >= 15 is 0 Å². The van der Waals surface area contributed by atoms with Gasteiger partial charge < -0.3 is 33.8 Å². The number of ether oxygens (including phenoxy) is 4. The quantitative estimate of drug-likeness (QED) is 0.305. The predicted octanol–water partition coefficient (Wildman–Crippen LogP) is 3.68. The van der Waals surface area contributed by atoms with Crippen molar-refractivity contribution in [2.45, 2.75) is 50.3 Å². The van der Waals surface area contributed by atoms with Crippen molar-refractivity contribution in [3.63, 3.8) is 0 Å². The maximum atomic E-state index is 11.8. The van der Waals surface area contributed by atoms with Crippen LogP contribution in [0.3, 0.4) is 0 Å². The molecule has 8 nitrogen and oxygen atoms in total. The van der Waals surface area contributed by atoms with Gasteiger partial charge in [-0.2, -0.15) is 0 Å². The normalized spacial score (nSPS) is 24.1. The molecule has 5 atom stereocenters. The molecule has 0 aliphatic carbocycles. The van der Waals surface area contributed by atoms with Gasteiger partial charge in [-0.1, -0.05) is 91.0 Å². The minimum Gasteiger partial charge on any atom is -0.388 e. The SMILES string of the molecule is O=P(O)(O)C[C@H]1O[C@H](COCc2ccccc2)[C@@H](OCc2ccccc2)[C@H](OCc2ccccc2)[C@@H]1O. The Morgan fingerprint density at radius 1 is 0.676 bits per heavy atom. The van der Waals surface area contributed by atoms with Crippen LogP contribution in [-0.2, 0) is 43.3 Å². The molecule has 0 radical (unpaired) electrons. The molecular formula is C28H33O8P. The van der Waals surface area contributed by atoms with Gasteiger partial charge in [-0.15, -0.1) is 0 Å². The number of hydrogen-bond acceptors (Lipinski definition) is 6. The van der Waals surface area contributed by atoms with Crippen molar-refractivity contribution in [3.05, 3.63) is 108 Å². The van der Waals surface area contributed by atoms with E-state index in [2.05, 4.69) is 0 Å². The highest BCUT2D eigenvalue weighted by atomic mass is 31.2. The van der Waals surface area contributed by atoms with Crippen LogP contribution in [0.1, 0.15) is 16.7 Å².